The second-order valence-electron chi connectivity index (χ2n) is 5.92. The third-order valence-electron chi connectivity index (χ3n) is 3.96. The standard InChI is InChI=1S/C18H12F2N8.ClH/c1-9-5-14(26-18(22)24-9)25-17-11-8-28(27-15(11)13(20)7-23-17)16-10(6-21)3-2-4-12(16)19;/h2-5,7-8H,1H3,(H3,22,23,24,25,26);1H. The highest BCUT2D eigenvalue weighted by atomic mass is 35.5. The largest absolute Gasteiger partial charge is 0.368 e. The van der Waals surface area contributed by atoms with E-state index in [4.69, 9.17) is 5.73 Å². The first-order valence-corrected chi connectivity index (χ1v) is 8.07. The summed E-state index contributed by atoms with van der Waals surface area (Å²) in [7, 11) is 0. The Kier molecular flexibility index (Phi) is 5.25. The molecular formula is C18H13ClF2N8. The van der Waals surface area contributed by atoms with Crippen LogP contribution in [-0.4, -0.2) is 24.7 Å². The Morgan fingerprint density at radius 3 is 2.72 bits per heavy atom. The summed E-state index contributed by atoms with van der Waals surface area (Å²) in [5.74, 6) is -0.667. The van der Waals surface area contributed by atoms with E-state index < -0.39 is 11.6 Å². The zero-order valence-electron chi connectivity index (χ0n) is 14.9. The molecule has 0 saturated carbocycles. The van der Waals surface area contributed by atoms with E-state index in [2.05, 4.69) is 25.4 Å². The van der Waals surface area contributed by atoms with Crippen LogP contribution in [0.15, 0.2) is 36.7 Å². The molecule has 0 bridgehead atoms. The van der Waals surface area contributed by atoms with Crippen LogP contribution in [0.25, 0.3) is 16.6 Å². The minimum absolute atomic E-state index is 0. The fourth-order valence-corrected chi connectivity index (χ4v) is 2.80. The van der Waals surface area contributed by atoms with Crippen molar-refractivity contribution in [3.05, 3.63) is 59.6 Å². The summed E-state index contributed by atoms with van der Waals surface area (Å²) < 4.78 is 29.7. The summed E-state index contributed by atoms with van der Waals surface area (Å²) in [4.78, 5) is 12.1. The van der Waals surface area contributed by atoms with Gasteiger partial charge >= 0.3 is 0 Å². The number of fused-ring (bicyclic) bond motifs is 1. The van der Waals surface area contributed by atoms with E-state index in [0.717, 1.165) is 10.9 Å². The summed E-state index contributed by atoms with van der Waals surface area (Å²) in [6.07, 6.45) is 2.39. The molecule has 0 unspecified atom stereocenters. The van der Waals surface area contributed by atoms with Crippen LogP contribution in [0.3, 0.4) is 0 Å². The van der Waals surface area contributed by atoms with Crippen molar-refractivity contribution < 1.29 is 8.78 Å². The number of nitrogens with two attached hydrogens (primary N) is 1. The molecule has 4 aromatic rings. The number of nitrogens with zero attached hydrogens (tertiary/aromatic N) is 6. The number of pyridine rings is 1. The van der Waals surface area contributed by atoms with Crippen LogP contribution in [0.1, 0.15) is 11.3 Å². The molecule has 0 aliphatic carbocycles. The highest BCUT2D eigenvalue weighted by Crippen LogP contribution is 2.28. The zero-order valence-corrected chi connectivity index (χ0v) is 15.7. The van der Waals surface area contributed by atoms with Crippen molar-refractivity contribution in [2.75, 3.05) is 11.1 Å². The number of halogens is 3. The number of benzene rings is 1. The number of aromatic nitrogens is 5. The van der Waals surface area contributed by atoms with Gasteiger partial charge in [0.2, 0.25) is 5.95 Å². The van der Waals surface area contributed by atoms with Gasteiger partial charge < -0.3 is 11.1 Å². The number of nitrogens with one attached hydrogen (secondary N) is 1. The van der Waals surface area contributed by atoms with Crippen LogP contribution in [0.2, 0.25) is 0 Å². The predicted octanol–water partition coefficient (Wildman–Crippen LogP) is 3.42. The molecule has 0 saturated heterocycles. The lowest BCUT2D eigenvalue weighted by Crippen LogP contribution is -2.02. The van der Waals surface area contributed by atoms with E-state index in [1.165, 1.54) is 24.4 Å². The quantitative estimate of drug-likeness (QED) is 0.527. The molecule has 1 aromatic carbocycles. The molecule has 4 rings (SSSR count). The van der Waals surface area contributed by atoms with Gasteiger partial charge in [0.15, 0.2) is 5.82 Å². The van der Waals surface area contributed by atoms with E-state index in [9.17, 15) is 14.0 Å². The van der Waals surface area contributed by atoms with Crippen molar-refractivity contribution in [3.63, 3.8) is 0 Å². The maximum Gasteiger partial charge on any atom is 0.222 e. The Balaban J connectivity index is 0.00000240. The topological polar surface area (TPSA) is 118 Å². The molecule has 0 amide bonds. The fourth-order valence-electron chi connectivity index (χ4n) is 2.80. The lowest BCUT2D eigenvalue weighted by Gasteiger charge is -2.07. The molecule has 146 valence electrons. The maximum absolute atomic E-state index is 14.3. The number of rotatable bonds is 3. The second kappa shape index (κ2) is 7.65. The highest BCUT2D eigenvalue weighted by Gasteiger charge is 2.17. The number of nitriles is 1. The molecule has 0 spiro atoms. The van der Waals surface area contributed by atoms with E-state index in [1.54, 1.807) is 13.0 Å². The number of aryl methyl sites for hydroxylation is 1. The highest BCUT2D eigenvalue weighted by molar-refractivity contribution is 5.91. The Bertz CT molecular complexity index is 1240. The first kappa shape index (κ1) is 19.9. The van der Waals surface area contributed by atoms with Gasteiger partial charge in [0, 0.05) is 18.0 Å². The van der Waals surface area contributed by atoms with Crippen LogP contribution in [-0.2, 0) is 0 Å². The molecule has 11 heteroatoms. The summed E-state index contributed by atoms with van der Waals surface area (Å²) in [6, 6.07) is 7.61. The molecule has 29 heavy (non-hydrogen) atoms. The smallest absolute Gasteiger partial charge is 0.222 e. The van der Waals surface area contributed by atoms with Crippen molar-refractivity contribution >= 4 is 40.9 Å². The normalized spacial score (nSPS) is 10.4. The van der Waals surface area contributed by atoms with Crippen molar-refractivity contribution in [3.8, 4) is 11.8 Å². The van der Waals surface area contributed by atoms with Crippen LogP contribution < -0.4 is 11.1 Å². The van der Waals surface area contributed by atoms with Crippen LogP contribution >= 0.6 is 12.4 Å². The molecule has 0 radical (unpaired) electrons. The summed E-state index contributed by atoms with van der Waals surface area (Å²) >= 11 is 0. The lowest BCUT2D eigenvalue weighted by atomic mass is 10.2. The van der Waals surface area contributed by atoms with Crippen LogP contribution in [0.5, 0.6) is 0 Å². The van der Waals surface area contributed by atoms with Crippen molar-refractivity contribution in [2.24, 2.45) is 0 Å². The minimum atomic E-state index is -0.687. The van der Waals surface area contributed by atoms with Gasteiger partial charge in [-0.3, -0.25) is 0 Å². The monoisotopic (exact) mass is 414 g/mol. The average molecular weight is 415 g/mol. The Morgan fingerprint density at radius 2 is 2.00 bits per heavy atom. The number of anilines is 3. The molecule has 3 N–H and O–H groups in total. The average Bonchev–Trinajstić information content (AvgIpc) is 3.09. The Hall–Kier alpha value is -3.84. The van der Waals surface area contributed by atoms with Crippen molar-refractivity contribution in [2.45, 2.75) is 6.92 Å². The third kappa shape index (κ3) is 3.63. The Morgan fingerprint density at radius 1 is 1.21 bits per heavy atom. The van der Waals surface area contributed by atoms with Gasteiger partial charge in [0.05, 0.1) is 17.1 Å². The Labute approximate surface area is 169 Å². The molecule has 0 aliphatic rings. The molecular weight excluding hydrogens is 402 g/mol. The molecule has 3 aromatic heterocycles. The number of hydrogen-bond acceptors (Lipinski definition) is 7. The van der Waals surface area contributed by atoms with Crippen molar-refractivity contribution in [1.82, 2.24) is 24.7 Å². The zero-order chi connectivity index (χ0) is 19.8. The molecule has 0 fully saturated rings. The van der Waals surface area contributed by atoms with Gasteiger partial charge in [-0.05, 0) is 19.1 Å². The molecule has 8 nitrogen and oxygen atoms in total. The van der Waals surface area contributed by atoms with E-state index in [-0.39, 0.29) is 46.3 Å². The second-order valence-corrected chi connectivity index (χ2v) is 5.92. The van der Waals surface area contributed by atoms with E-state index in [0.29, 0.717) is 11.5 Å². The van der Waals surface area contributed by atoms with E-state index in [1.807, 2.05) is 6.07 Å². The predicted molar refractivity (Wildman–Crippen MR) is 105 cm³/mol. The molecule has 3 heterocycles. The van der Waals surface area contributed by atoms with Gasteiger partial charge in [-0.15, -0.1) is 12.4 Å². The lowest BCUT2D eigenvalue weighted by molar-refractivity contribution is 0.608. The number of hydrogen-bond donors (Lipinski definition) is 2. The number of nitrogen functional groups attached to an aromatic ring is 1. The first-order chi connectivity index (χ1) is 13.5. The summed E-state index contributed by atoms with van der Waals surface area (Å²) in [5.41, 5.74) is 6.23. The fraction of sp³-hybridized carbons (Fsp3) is 0.0556. The van der Waals surface area contributed by atoms with Gasteiger partial charge in [-0.1, -0.05) is 6.07 Å². The first-order valence-electron chi connectivity index (χ1n) is 8.07. The summed E-state index contributed by atoms with van der Waals surface area (Å²) in [5, 5.41) is 16.6. The van der Waals surface area contributed by atoms with Crippen LogP contribution in [0.4, 0.5) is 26.4 Å². The van der Waals surface area contributed by atoms with Gasteiger partial charge in [-0.2, -0.15) is 15.3 Å². The minimum Gasteiger partial charge on any atom is -0.368 e. The maximum atomic E-state index is 14.3. The van der Waals surface area contributed by atoms with Crippen LogP contribution in [0, 0.1) is 29.9 Å². The SMILES string of the molecule is Cc1cc(Nc2ncc(F)c3nn(-c4c(F)cccc4C#N)cc23)nc(N)n1.Cl. The molecule has 0 atom stereocenters. The van der Waals surface area contributed by atoms with E-state index >= 15 is 0 Å². The summed E-state index contributed by atoms with van der Waals surface area (Å²) in [6.45, 7) is 1.75. The van der Waals surface area contributed by atoms with Gasteiger partial charge in [0.1, 0.15) is 34.7 Å². The molecule has 0 aliphatic heterocycles. The van der Waals surface area contributed by atoms with Gasteiger partial charge in [0.25, 0.3) is 0 Å². The third-order valence-corrected chi connectivity index (χ3v) is 3.96. The van der Waals surface area contributed by atoms with Gasteiger partial charge in [-0.25, -0.2) is 23.4 Å². The number of para-hydroxylation sites is 1. The van der Waals surface area contributed by atoms with Crippen molar-refractivity contribution in [1.29, 1.82) is 5.26 Å².